The van der Waals surface area contributed by atoms with E-state index in [1.807, 2.05) is 0 Å². The van der Waals surface area contributed by atoms with E-state index in [1.165, 1.54) is 0 Å². The third kappa shape index (κ3) is 1.99. The lowest BCUT2D eigenvalue weighted by molar-refractivity contribution is 0.338. The minimum atomic E-state index is -0.391. The lowest BCUT2D eigenvalue weighted by Crippen LogP contribution is -2.26. The third-order valence-corrected chi connectivity index (χ3v) is 6.86. The summed E-state index contributed by atoms with van der Waals surface area (Å²) in [5.41, 5.74) is 0. The summed E-state index contributed by atoms with van der Waals surface area (Å²) in [6.45, 7) is 11.4. The van der Waals surface area contributed by atoms with E-state index >= 15 is 0 Å². The van der Waals surface area contributed by atoms with Gasteiger partial charge in [-0.2, -0.15) is 11.1 Å². The van der Waals surface area contributed by atoms with E-state index in [1.54, 1.807) is 0 Å². The van der Waals surface area contributed by atoms with Gasteiger partial charge in [0.2, 0.25) is 0 Å². The lowest BCUT2D eigenvalue weighted by Gasteiger charge is -2.35. The highest BCUT2D eigenvalue weighted by molar-refractivity contribution is 6.95. The van der Waals surface area contributed by atoms with E-state index in [4.69, 9.17) is 11.1 Å². The van der Waals surface area contributed by atoms with Crippen LogP contribution < -0.4 is 0 Å². The molecule has 0 atom stereocenters. The summed E-state index contributed by atoms with van der Waals surface area (Å²) in [4.78, 5) is 0. The van der Waals surface area contributed by atoms with Gasteiger partial charge in [0.1, 0.15) is 8.83 Å². The summed E-state index contributed by atoms with van der Waals surface area (Å²) < 4.78 is 0. The Kier molecular flexibility index (Phi) is 3.96. The predicted molar refractivity (Wildman–Crippen MR) is 52.4 cm³/mol. The summed E-state index contributed by atoms with van der Waals surface area (Å²) in [6, 6.07) is 0. The molecular weight excluding hydrogens is 160 g/mol. The topological polar surface area (TPSA) is 0 Å². The van der Waals surface area contributed by atoms with Crippen molar-refractivity contribution in [3.63, 3.8) is 0 Å². The second-order valence-electron chi connectivity index (χ2n) is 3.95. The summed E-state index contributed by atoms with van der Waals surface area (Å²) in [5, 5.41) is 0.446. The van der Waals surface area contributed by atoms with Crippen molar-refractivity contribution in [3.05, 3.63) is 0 Å². The Balaban J connectivity index is 4.23. The Morgan fingerprint density at radius 2 is 1.40 bits per heavy atom. The van der Waals surface area contributed by atoms with Crippen LogP contribution in [0, 0.1) is 11.8 Å². The minimum Gasteiger partial charge on any atom is -0.176 e. The van der Waals surface area contributed by atoms with Crippen molar-refractivity contribution >= 4 is 19.9 Å². The van der Waals surface area contributed by atoms with Crippen molar-refractivity contribution in [1.82, 2.24) is 0 Å². The SMILES string of the molecule is CC(C)C(C)([SiH2]Cl)C(C)C. The molecule has 0 amide bonds. The van der Waals surface area contributed by atoms with Gasteiger partial charge in [0, 0.05) is 0 Å². The zero-order valence-electron chi connectivity index (χ0n) is 7.74. The van der Waals surface area contributed by atoms with Crippen LogP contribution in [0.25, 0.3) is 0 Å². The van der Waals surface area contributed by atoms with Crippen LogP contribution in [0.15, 0.2) is 0 Å². The molecule has 0 spiro atoms. The van der Waals surface area contributed by atoms with Crippen LogP contribution in [0.4, 0.5) is 0 Å². The van der Waals surface area contributed by atoms with E-state index < -0.39 is 8.83 Å². The van der Waals surface area contributed by atoms with Crippen molar-refractivity contribution in [1.29, 1.82) is 0 Å². The van der Waals surface area contributed by atoms with Crippen LogP contribution in [0.5, 0.6) is 0 Å². The normalized spacial score (nSPS) is 14.4. The van der Waals surface area contributed by atoms with E-state index in [2.05, 4.69) is 34.6 Å². The van der Waals surface area contributed by atoms with E-state index in [0.29, 0.717) is 5.04 Å². The first-order valence-corrected chi connectivity index (χ1v) is 6.85. The van der Waals surface area contributed by atoms with E-state index in [0.717, 1.165) is 11.8 Å². The number of halogens is 1. The lowest BCUT2D eigenvalue weighted by atomic mass is 9.86. The predicted octanol–water partition coefficient (Wildman–Crippen LogP) is 2.80. The van der Waals surface area contributed by atoms with Gasteiger partial charge in [0.25, 0.3) is 0 Å². The highest BCUT2D eigenvalue weighted by atomic mass is 35.6. The fraction of sp³-hybridized carbons (Fsp3) is 1.00. The Morgan fingerprint density at radius 3 is 1.40 bits per heavy atom. The second kappa shape index (κ2) is 3.77. The summed E-state index contributed by atoms with van der Waals surface area (Å²) >= 11 is 6.04. The first-order valence-electron chi connectivity index (χ1n) is 4.01. The number of rotatable bonds is 3. The standard InChI is InChI=1S/C8H19ClSi/c1-6(2)8(5,10-9)7(3)4/h6-7H,10H2,1-5H3. The molecule has 0 unspecified atom stereocenters. The van der Waals surface area contributed by atoms with Crippen LogP contribution >= 0.6 is 11.1 Å². The maximum Gasteiger partial charge on any atom is 0.131 e. The first kappa shape index (κ1) is 10.5. The molecule has 2 heteroatoms. The summed E-state index contributed by atoms with van der Waals surface area (Å²) in [7, 11) is -0.391. The Bertz CT molecular complexity index is 91.4. The second-order valence-corrected chi connectivity index (χ2v) is 6.54. The summed E-state index contributed by atoms with van der Waals surface area (Å²) in [5.74, 6) is 1.47. The van der Waals surface area contributed by atoms with E-state index in [-0.39, 0.29) is 0 Å². The third-order valence-electron chi connectivity index (χ3n) is 2.93. The van der Waals surface area contributed by atoms with Crippen molar-refractivity contribution in [2.24, 2.45) is 11.8 Å². The quantitative estimate of drug-likeness (QED) is 0.461. The van der Waals surface area contributed by atoms with Crippen LogP contribution in [0.3, 0.4) is 0 Å². The van der Waals surface area contributed by atoms with Gasteiger partial charge in [0.05, 0.1) is 0 Å². The molecule has 0 aliphatic carbocycles. The van der Waals surface area contributed by atoms with Crippen molar-refractivity contribution in [3.8, 4) is 0 Å². The summed E-state index contributed by atoms with van der Waals surface area (Å²) in [6.07, 6.45) is 0. The maximum absolute atomic E-state index is 6.04. The maximum atomic E-state index is 6.04. The van der Waals surface area contributed by atoms with Gasteiger partial charge in [-0.05, 0) is 16.9 Å². The molecule has 0 heterocycles. The van der Waals surface area contributed by atoms with Gasteiger partial charge in [-0.15, -0.1) is 0 Å². The first-order chi connectivity index (χ1) is 4.45. The van der Waals surface area contributed by atoms with Crippen LogP contribution in [-0.2, 0) is 0 Å². The molecule has 0 aromatic rings. The minimum absolute atomic E-state index is 0.391. The molecule has 0 aliphatic heterocycles. The van der Waals surface area contributed by atoms with Crippen molar-refractivity contribution < 1.29 is 0 Å². The molecular formula is C8H19ClSi. The highest BCUT2D eigenvalue weighted by Crippen LogP contribution is 2.42. The molecule has 0 N–H and O–H groups in total. The van der Waals surface area contributed by atoms with Crippen molar-refractivity contribution in [2.75, 3.05) is 0 Å². The average Bonchev–Trinajstić information content (AvgIpc) is 1.85. The van der Waals surface area contributed by atoms with Gasteiger partial charge in [-0.25, -0.2) is 0 Å². The fourth-order valence-electron chi connectivity index (χ4n) is 0.975. The zero-order chi connectivity index (χ0) is 8.36. The molecule has 0 bridgehead atoms. The molecule has 0 saturated heterocycles. The largest absolute Gasteiger partial charge is 0.176 e. The number of hydrogen-bond donors (Lipinski definition) is 0. The fourth-order valence-corrected chi connectivity index (χ4v) is 3.44. The van der Waals surface area contributed by atoms with Gasteiger partial charge >= 0.3 is 0 Å². The van der Waals surface area contributed by atoms with Gasteiger partial charge < -0.3 is 0 Å². The molecule has 0 aromatic heterocycles. The Hall–Kier alpha value is 0.507. The van der Waals surface area contributed by atoms with Crippen LogP contribution in [0.2, 0.25) is 5.04 Å². The van der Waals surface area contributed by atoms with Crippen LogP contribution in [0.1, 0.15) is 34.6 Å². The van der Waals surface area contributed by atoms with Gasteiger partial charge in [-0.3, -0.25) is 0 Å². The van der Waals surface area contributed by atoms with Gasteiger partial charge in [-0.1, -0.05) is 34.6 Å². The molecule has 0 rings (SSSR count). The molecule has 0 saturated carbocycles. The Morgan fingerprint density at radius 1 is 1.10 bits per heavy atom. The molecule has 0 aliphatic rings. The molecule has 10 heavy (non-hydrogen) atoms. The zero-order valence-corrected chi connectivity index (χ0v) is 9.91. The monoisotopic (exact) mass is 178 g/mol. The number of hydrogen-bond acceptors (Lipinski definition) is 0. The van der Waals surface area contributed by atoms with Gasteiger partial charge in [0.15, 0.2) is 0 Å². The van der Waals surface area contributed by atoms with Crippen molar-refractivity contribution in [2.45, 2.75) is 39.7 Å². The smallest absolute Gasteiger partial charge is 0.131 e. The Labute approximate surface area is 71.9 Å². The molecule has 0 aromatic carbocycles. The van der Waals surface area contributed by atoms with Crippen LogP contribution in [-0.4, -0.2) is 8.83 Å². The van der Waals surface area contributed by atoms with E-state index in [9.17, 15) is 0 Å². The molecule has 62 valence electrons. The molecule has 0 fully saturated rings. The highest BCUT2D eigenvalue weighted by Gasteiger charge is 2.31. The molecule has 0 radical (unpaired) electrons. The average molecular weight is 179 g/mol. The molecule has 0 nitrogen and oxygen atoms in total.